The van der Waals surface area contributed by atoms with Crippen molar-refractivity contribution in [3.05, 3.63) is 68.2 Å². The molecule has 0 atom stereocenters. The fourth-order valence-electron chi connectivity index (χ4n) is 1.78. The van der Waals surface area contributed by atoms with Crippen LogP contribution in [0, 0.1) is 10.1 Å². The molecule has 2 aromatic rings. The minimum absolute atomic E-state index is 0.0934. The van der Waals surface area contributed by atoms with E-state index in [4.69, 9.17) is 23.2 Å². The lowest BCUT2D eigenvalue weighted by Gasteiger charge is -2.10. The normalized spacial score (nSPS) is 10.3. The average Bonchev–Trinajstić information content (AvgIpc) is 2.42. The molecule has 0 radical (unpaired) electrons. The summed E-state index contributed by atoms with van der Waals surface area (Å²) in [6, 6.07) is 11.8. The zero-order valence-electron chi connectivity index (χ0n) is 10.5. The van der Waals surface area contributed by atoms with E-state index in [0.29, 0.717) is 22.3 Å². The largest absolute Gasteiger partial charge is 0.382 e. The molecule has 1 N–H and O–H groups in total. The topological polar surface area (TPSA) is 55.2 Å². The Morgan fingerprint density at radius 3 is 2.20 bits per heavy atom. The van der Waals surface area contributed by atoms with E-state index in [1.54, 1.807) is 30.3 Å². The Bertz CT molecular complexity index is 595. The number of non-ortho nitro benzene ring substituents is 1. The van der Waals surface area contributed by atoms with Crippen LogP contribution >= 0.6 is 23.2 Å². The van der Waals surface area contributed by atoms with Crippen LogP contribution in [-0.4, -0.2) is 11.5 Å². The van der Waals surface area contributed by atoms with E-state index in [1.165, 1.54) is 12.1 Å². The molecule has 6 heteroatoms. The van der Waals surface area contributed by atoms with Gasteiger partial charge in [-0.3, -0.25) is 10.1 Å². The van der Waals surface area contributed by atoms with Gasteiger partial charge in [-0.2, -0.15) is 0 Å². The number of anilines is 1. The summed E-state index contributed by atoms with van der Waals surface area (Å²) >= 11 is 12.1. The molecule has 0 fully saturated rings. The average molecular weight is 311 g/mol. The quantitative estimate of drug-likeness (QED) is 0.650. The lowest BCUT2D eigenvalue weighted by atomic mass is 10.1. The van der Waals surface area contributed by atoms with Gasteiger partial charge in [0.15, 0.2) is 0 Å². The Kier molecular flexibility index (Phi) is 4.82. The Balaban J connectivity index is 1.94. The summed E-state index contributed by atoms with van der Waals surface area (Å²) in [6.45, 7) is 0.640. The molecule has 0 aliphatic carbocycles. The summed E-state index contributed by atoms with van der Waals surface area (Å²) in [6.07, 6.45) is 0.722. The number of nitrogens with one attached hydrogen (secondary N) is 1. The number of benzene rings is 2. The molecule has 0 saturated heterocycles. The molecular formula is C14H12Cl2N2O2. The molecule has 2 rings (SSSR count). The molecule has 4 nitrogen and oxygen atoms in total. The SMILES string of the molecule is O=[N+]([O-])c1ccc(CCNc2c(Cl)cccc2Cl)cc1. The van der Waals surface area contributed by atoms with Crippen molar-refractivity contribution >= 4 is 34.6 Å². The van der Waals surface area contributed by atoms with Crippen LogP contribution in [0.2, 0.25) is 10.0 Å². The molecule has 0 unspecified atom stereocenters. The predicted octanol–water partition coefficient (Wildman–Crippen LogP) is 4.56. The fourth-order valence-corrected chi connectivity index (χ4v) is 2.31. The van der Waals surface area contributed by atoms with Gasteiger partial charge in [0.25, 0.3) is 5.69 Å². The lowest BCUT2D eigenvalue weighted by Crippen LogP contribution is -2.05. The molecule has 0 aliphatic rings. The molecule has 0 bridgehead atoms. The molecule has 0 saturated carbocycles. The number of halogens is 2. The second kappa shape index (κ2) is 6.59. The molecule has 104 valence electrons. The Labute approximate surface area is 126 Å². The van der Waals surface area contributed by atoms with Crippen LogP contribution in [0.1, 0.15) is 5.56 Å². The summed E-state index contributed by atoms with van der Waals surface area (Å²) in [5.74, 6) is 0. The second-order valence-electron chi connectivity index (χ2n) is 4.20. The van der Waals surface area contributed by atoms with Crippen molar-refractivity contribution < 1.29 is 4.92 Å². The Morgan fingerprint density at radius 2 is 1.65 bits per heavy atom. The van der Waals surface area contributed by atoms with Crippen molar-refractivity contribution in [1.82, 2.24) is 0 Å². The summed E-state index contributed by atoms with van der Waals surface area (Å²) < 4.78 is 0. The number of para-hydroxylation sites is 1. The number of hydrogen-bond donors (Lipinski definition) is 1. The Morgan fingerprint density at radius 1 is 1.05 bits per heavy atom. The highest BCUT2D eigenvalue weighted by molar-refractivity contribution is 6.39. The van der Waals surface area contributed by atoms with Crippen molar-refractivity contribution in [2.45, 2.75) is 6.42 Å². The van der Waals surface area contributed by atoms with Crippen LogP contribution in [0.25, 0.3) is 0 Å². The second-order valence-corrected chi connectivity index (χ2v) is 5.01. The first kappa shape index (κ1) is 14.6. The van der Waals surface area contributed by atoms with Gasteiger partial charge in [0.1, 0.15) is 0 Å². The zero-order valence-corrected chi connectivity index (χ0v) is 12.0. The number of nitro groups is 1. The van der Waals surface area contributed by atoms with Crippen molar-refractivity contribution in [2.75, 3.05) is 11.9 Å². The van der Waals surface area contributed by atoms with Crippen LogP contribution in [0.4, 0.5) is 11.4 Å². The first-order valence-corrected chi connectivity index (χ1v) is 6.75. The number of rotatable bonds is 5. The highest BCUT2D eigenvalue weighted by Gasteiger charge is 2.06. The maximum Gasteiger partial charge on any atom is 0.269 e. The van der Waals surface area contributed by atoms with Crippen LogP contribution in [-0.2, 0) is 6.42 Å². The summed E-state index contributed by atoms with van der Waals surface area (Å²) in [7, 11) is 0. The van der Waals surface area contributed by atoms with Gasteiger partial charge in [-0.05, 0) is 24.1 Å². The van der Waals surface area contributed by atoms with Crippen molar-refractivity contribution in [3.63, 3.8) is 0 Å². The number of nitro benzene ring substituents is 1. The summed E-state index contributed by atoms with van der Waals surface area (Å²) in [5, 5.41) is 14.9. The monoisotopic (exact) mass is 310 g/mol. The molecule has 0 heterocycles. The smallest absolute Gasteiger partial charge is 0.269 e. The molecule has 20 heavy (non-hydrogen) atoms. The third-order valence-corrected chi connectivity index (χ3v) is 3.46. The van der Waals surface area contributed by atoms with Gasteiger partial charge in [-0.15, -0.1) is 0 Å². The molecule has 0 aliphatic heterocycles. The highest BCUT2D eigenvalue weighted by atomic mass is 35.5. The van der Waals surface area contributed by atoms with E-state index in [1.807, 2.05) is 0 Å². The maximum atomic E-state index is 10.6. The predicted molar refractivity (Wildman–Crippen MR) is 81.8 cm³/mol. The van der Waals surface area contributed by atoms with Gasteiger partial charge < -0.3 is 5.32 Å². The third kappa shape index (κ3) is 3.62. The van der Waals surface area contributed by atoms with Crippen LogP contribution in [0.3, 0.4) is 0 Å². The van der Waals surface area contributed by atoms with E-state index in [9.17, 15) is 10.1 Å². The fraction of sp³-hybridized carbons (Fsp3) is 0.143. The van der Waals surface area contributed by atoms with E-state index in [2.05, 4.69) is 5.32 Å². The Hall–Kier alpha value is -1.78. The molecule has 0 amide bonds. The molecular weight excluding hydrogens is 299 g/mol. The van der Waals surface area contributed by atoms with Crippen molar-refractivity contribution in [3.8, 4) is 0 Å². The van der Waals surface area contributed by atoms with Gasteiger partial charge in [0, 0.05) is 18.7 Å². The minimum atomic E-state index is -0.411. The molecule has 0 aromatic heterocycles. The first-order valence-electron chi connectivity index (χ1n) is 5.99. The first-order chi connectivity index (χ1) is 9.58. The maximum absolute atomic E-state index is 10.6. The lowest BCUT2D eigenvalue weighted by molar-refractivity contribution is -0.384. The molecule has 2 aromatic carbocycles. The standard InChI is InChI=1S/C14H12Cl2N2O2/c15-12-2-1-3-13(16)14(12)17-9-8-10-4-6-11(7-5-10)18(19)20/h1-7,17H,8-9H2. The third-order valence-electron chi connectivity index (χ3n) is 2.83. The van der Waals surface area contributed by atoms with E-state index in [0.717, 1.165) is 12.0 Å². The van der Waals surface area contributed by atoms with E-state index < -0.39 is 4.92 Å². The van der Waals surface area contributed by atoms with Gasteiger partial charge in [-0.25, -0.2) is 0 Å². The van der Waals surface area contributed by atoms with Crippen LogP contribution < -0.4 is 5.32 Å². The van der Waals surface area contributed by atoms with Gasteiger partial charge in [0.2, 0.25) is 0 Å². The van der Waals surface area contributed by atoms with E-state index in [-0.39, 0.29) is 5.69 Å². The van der Waals surface area contributed by atoms with Crippen LogP contribution in [0.5, 0.6) is 0 Å². The highest BCUT2D eigenvalue weighted by Crippen LogP contribution is 2.29. The molecule has 0 spiro atoms. The van der Waals surface area contributed by atoms with Gasteiger partial charge in [0.05, 0.1) is 20.7 Å². The van der Waals surface area contributed by atoms with Crippen molar-refractivity contribution in [2.24, 2.45) is 0 Å². The van der Waals surface area contributed by atoms with E-state index >= 15 is 0 Å². The van der Waals surface area contributed by atoms with Gasteiger partial charge in [-0.1, -0.05) is 41.4 Å². The number of nitrogens with zero attached hydrogens (tertiary/aromatic N) is 1. The number of hydrogen-bond acceptors (Lipinski definition) is 3. The van der Waals surface area contributed by atoms with Gasteiger partial charge >= 0.3 is 0 Å². The summed E-state index contributed by atoms with van der Waals surface area (Å²) in [5.41, 5.74) is 1.81. The van der Waals surface area contributed by atoms with Crippen LogP contribution in [0.15, 0.2) is 42.5 Å². The van der Waals surface area contributed by atoms with Crippen molar-refractivity contribution in [1.29, 1.82) is 0 Å². The zero-order chi connectivity index (χ0) is 14.5. The minimum Gasteiger partial charge on any atom is -0.382 e. The summed E-state index contributed by atoms with van der Waals surface area (Å²) in [4.78, 5) is 10.1.